The fourth-order valence-corrected chi connectivity index (χ4v) is 5.27. The molecule has 0 bridgehead atoms. The lowest BCUT2D eigenvalue weighted by Gasteiger charge is -2.25. The third-order valence-electron chi connectivity index (χ3n) is 5.70. The molecule has 2 heterocycles. The largest absolute Gasteiger partial charge is 0.497 e. The molecule has 1 aliphatic rings. The van der Waals surface area contributed by atoms with Crippen LogP contribution in [0.1, 0.15) is 30.7 Å². The third-order valence-corrected chi connectivity index (χ3v) is 6.96. The van der Waals surface area contributed by atoms with Crippen molar-refractivity contribution in [3.05, 3.63) is 60.3 Å². The van der Waals surface area contributed by atoms with Crippen molar-refractivity contribution in [3.8, 4) is 11.5 Å². The highest BCUT2D eigenvalue weighted by atomic mass is 32.2. The first-order valence-electron chi connectivity index (χ1n) is 10.8. The first-order valence-corrected chi connectivity index (χ1v) is 11.9. The van der Waals surface area contributed by atoms with Crippen molar-refractivity contribution < 1.29 is 14.3 Å². The molecule has 1 fully saturated rings. The molecule has 0 aliphatic carbocycles. The van der Waals surface area contributed by atoms with Gasteiger partial charge < -0.3 is 19.7 Å². The number of thioether (sulfide) groups is 1. The molecule has 4 rings (SSSR count). The zero-order valence-electron chi connectivity index (χ0n) is 18.7. The summed E-state index contributed by atoms with van der Waals surface area (Å²) >= 11 is 1.68. The summed E-state index contributed by atoms with van der Waals surface area (Å²) in [6.45, 7) is 2.89. The second kappa shape index (κ2) is 10.1. The quantitative estimate of drug-likeness (QED) is 0.488. The first-order chi connectivity index (χ1) is 15.6. The highest BCUT2D eigenvalue weighted by molar-refractivity contribution is 8.00. The van der Waals surface area contributed by atoms with Crippen LogP contribution in [0.4, 0.5) is 5.69 Å². The predicted molar refractivity (Wildman–Crippen MR) is 131 cm³/mol. The van der Waals surface area contributed by atoms with Crippen molar-refractivity contribution in [2.75, 3.05) is 31.8 Å². The Labute approximate surface area is 193 Å². The van der Waals surface area contributed by atoms with E-state index in [1.165, 1.54) is 0 Å². The molecule has 1 saturated heterocycles. The maximum absolute atomic E-state index is 12.5. The lowest BCUT2D eigenvalue weighted by molar-refractivity contribution is -0.128. The molecule has 2 aromatic carbocycles. The van der Waals surface area contributed by atoms with Crippen molar-refractivity contribution in [2.45, 2.75) is 31.2 Å². The Morgan fingerprint density at radius 1 is 1.16 bits per heavy atom. The van der Waals surface area contributed by atoms with Crippen LogP contribution in [-0.4, -0.2) is 48.4 Å². The number of nitrogens with one attached hydrogen (secondary N) is 1. The van der Waals surface area contributed by atoms with Gasteiger partial charge >= 0.3 is 0 Å². The van der Waals surface area contributed by atoms with E-state index in [9.17, 15) is 4.79 Å². The summed E-state index contributed by atoms with van der Waals surface area (Å²) in [5, 5.41) is 4.68. The van der Waals surface area contributed by atoms with Crippen LogP contribution in [0.25, 0.3) is 10.9 Å². The van der Waals surface area contributed by atoms with Gasteiger partial charge in [0.2, 0.25) is 5.91 Å². The van der Waals surface area contributed by atoms with Gasteiger partial charge in [0.25, 0.3) is 0 Å². The number of hydrogen-bond acceptors (Lipinski definition) is 6. The van der Waals surface area contributed by atoms with Gasteiger partial charge in [0.1, 0.15) is 16.9 Å². The molecule has 0 radical (unpaired) electrons. The predicted octanol–water partition coefficient (Wildman–Crippen LogP) is 5.11. The van der Waals surface area contributed by atoms with Crippen molar-refractivity contribution in [1.82, 2.24) is 9.88 Å². The molecule has 2 unspecified atom stereocenters. The number of nitrogens with zero attached hydrogens (tertiary/aromatic N) is 2. The van der Waals surface area contributed by atoms with E-state index in [-0.39, 0.29) is 17.3 Å². The van der Waals surface area contributed by atoms with E-state index in [0.717, 1.165) is 53.0 Å². The molecular weight excluding hydrogens is 422 g/mol. The number of fused-ring (bicyclic) bond motifs is 1. The molecule has 6 nitrogen and oxygen atoms in total. The van der Waals surface area contributed by atoms with E-state index in [1.54, 1.807) is 32.2 Å². The number of aromatic nitrogens is 1. The van der Waals surface area contributed by atoms with Gasteiger partial charge in [0, 0.05) is 30.2 Å². The second-order valence-electron chi connectivity index (χ2n) is 7.96. The number of carbonyl (C=O) groups is 1. The summed E-state index contributed by atoms with van der Waals surface area (Å²) in [6, 6.07) is 16.2. The van der Waals surface area contributed by atoms with E-state index >= 15 is 0 Å². The number of carbonyl (C=O) groups excluding carboxylic acids is 1. The van der Waals surface area contributed by atoms with Gasteiger partial charge in [0.15, 0.2) is 0 Å². The smallest absolute Gasteiger partial charge is 0.233 e. The van der Waals surface area contributed by atoms with Crippen LogP contribution in [0.15, 0.2) is 54.7 Å². The van der Waals surface area contributed by atoms with Gasteiger partial charge in [0.05, 0.1) is 31.2 Å². The highest BCUT2D eigenvalue weighted by Crippen LogP contribution is 2.39. The summed E-state index contributed by atoms with van der Waals surface area (Å²) in [5.41, 5.74) is 3.01. The number of methoxy groups -OCH3 is 2. The Bertz CT molecular complexity index is 1090. The van der Waals surface area contributed by atoms with Gasteiger partial charge in [-0.25, -0.2) is 0 Å². The number of pyridine rings is 1. The normalized spacial score (nSPS) is 16.9. The van der Waals surface area contributed by atoms with Crippen LogP contribution in [-0.2, 0) is 4.79 Å². The maximum Gasteiger partial charge on any atom is 0.233 e. The Kier molecular flexibility index (Phi) is 7.05. The number of rotatable bonds is 9. The summed E-state index contributed by atoms with van der Waals surface area (Å²) in [5.74, 6) is 2.35. The molecule has 7 heteroatoms. The van der Waals surface area contributed by atoms with Crippen LogP contribution < -0.4 is 14.8 Å². The first kappa shape index (κ1) is 22.3. The van der Waals surface area contributed by atoms with E-state index in [0.29, 0.717) is 5.75 Å². The van der Waals surface area contributed by atoms with Crippen LogP contribution in [0.2, 0.25) is 0 Å². The molecule has 1 aromatic heterocycles. The minimum absolute atomic E-state index is 0.0485. The Morgan fingerprint density at radius 3 is 2.81 bits per heavy atom. The molecule has 1 aliphatic heterocycles. The second-order valence-corrected chi connectivity index (χ2v) is 9.03. The van der Waals surface area contributed by atoms with Gasteiger partial charge in [-0.1, -0.05) is 18.2 Å². The number of anilines is 1. The summed E-state index contributed by atoms with van der Waals surface area (Å²) in [7, 11) is 3.34. The number of amides is 1. The molecule has 168 valence electrons. The standard InChI is InChI=1S/C25H29N3O3S/c1-17(27-22-15-21(31-3)13-18-9-5-11-26-24(18)22)7-6-12-28-23(29)16-32-25(28)19-8-4-10-20(14-19)30-2/h4-5,8-11,13-15,17,25,27H,6-7,12,16H2,1-3H3. The van der Waals surface area contributed by atoms with Crippen LogP contribution in [0, 0.1) is 0 Å². The monoisotopic (exact) mass is 451 g/mol. The van der Waals surface area contributed by atoms with Crippen LogP contribution in [0.5, 0.6) is 11.5 Å². The molecule has 2 atom stereocenters. The zero-order chi connectivity index (χ0) is 22.5. The van der Waals surface area contributed by atoms with E-state index < -0.39 is 0 Å². The van der Waals surface area contributed by atoms with Crippen molar-refractivity contribution in [3.63, 3.8) is 0 Å². The lowest BCUT2D eigenvalue weighted by atomic mass is 10.1. The van der Waals surface area contributed by atoms with E-state index in [4.69, 9.17) is 9.47 Å². The van der Waals surface area contributed by atoms with Crippen molar-refractivity contribution in [2.24, 2.45) is 0 Å². The van der Waals surface area contributed by atoms with Gasteiger partial charge in [-0.2, -0.15) is 0 Å². The van der Waals surface area contributed by atoms with E-state index in [1.807, 2.05) is 47.4 Å². The molecular formula is C25H29N3O3S. The number of hydrogen-bond donors (Lipinski definition) is 1. The van der Waals surface area contributed by atoms with Crippen LogP contribution in [0.3, 0.4) is 0 Å². The highest BCUT2D eigenvalue weighted by Gasteiger charge is 2.32. The average molecular weight is 452 g/mol. The fraction of sp³-hybridized carbons (Fsp3) is 0.360. The molecule has 1 N–H and O–H groups in total. The SMILES string of the molecule is COc1cccc(C2SCC(=O)N2CCCC(C)Nc2cc(OC)cc3cccnc23)c1. The molecule has 0 saturated carbocycles. The Morgan fingerprint density at radius 2 is 2.00 bits per heavy atom. The minimum Gasteiger partial charge on any atom is -0.497 e. The minimum atomic E-state index is 0.0485. The Hall–Kier alpha value is -2.93. The summed E-state index contributed by atoms with van der Waals surface area (Å²) < 4.78 is 10.8. The van der Waals surface area contributed by atoms with Crippen molar-refractivity contribution >= 4 is 34.3 Å². The Balaban J connectivity index is 1.38. The zero-order valence-corrected chi connectivity index (χ0v) is 19.5. The van der Waals surface area contributed by atoms with Gasteiger partial charge in [-0.15, -0.1) is 11.8 Å². The van der Waals surface area contributed by atoms with Crippen LogP contribution >= 0.6 is 11.8 Å². The fourth-order valence-electron chi connectivity index (χ4n) is 4.07. The average Bonchev–Trinajstić information content (AvgIpc) is 3.19. The van der Waals surface area contributed by atoms with E-state index in [2.05, 4.69) is 23.3 Å². The van der Waals surface area contributed by atoms with Gasteiger partial charge in [-0.3, -0.25) is 9.78 Å². The summed E-state index contributed by atoms with van der Waals surface area (Å²) in [6.07, 6.45) is 3.65. The van der Waals surface area contributed by atoms with Crippen molar-refractivity contribution in [1.29, 1.82) is 0 Å². The number of benzene rings is 2. The third kappa shape index (κ3) is 4.93. The lowest BCUT2D eigenvalue weighted by Crippen LogP contribution is -2.30. The molecule has 32 heavy (non-hydrogen) atoms. The molecule has 3 aromatic rings. The number of ether oxygens (including phenoxy) is 2. The van der Waals surface area contributed by atoms with Gasteiger partial charge in [-0.05, 0) is 49.6 Å². The summed E-state index contributed by atoms with van der Waals surface area (Å²) in [4.78, 5) is 19.1. The molecule has 1 amide bonds. The topological polar surface area (TPSA) is 63.7 Å². The molecule has 0 spiro atoms. The maximum atomic E-state index is 12.5.